The molecule has 3 fully saturated rings. The van der Waals surface area contributed by atoms with Gasteiger partial charge < -0.3 is 47.4 Å². The van der Waals surface area contributed by atoms with E-state index in [0.29, 0.717) is 6.61 Å². The number of hydrogen-bond donors (Lipinski definition) is 0. The molecular weight excluding hydrogens is 828 g/mol. The Labute approximate surface area is 380 Å². The lowest BCUT2D eigenvalue weighted by Gasteiger charge is -2.51. The van der Waals surface area contributed by atoms with Gasteiger partial charge in [0.05, 0.1) is 46.2 Å². The Morgan fingerprint density at radius 2 is 0.862 bits per heavy atom. The van der Waals surface area contributed by atoms with E-state index in [1.807, 2.05) is 182 Å². The van der Waals surface area contributed by atoms with Gasteiger partial charge in [-0.1, -0.05) is 182 Å². The molecule has 0 saturated carbocycles. The van der Waals surface area contributed by atoms with E-state index in [-0.39, 0.29) is 39.6 Å². The predicted octanol–water partition coefficient (Wildman–Crippen LogP) is 9.46. The fourth-order valence-corrected chi connectivity index (χ4v) is 8.42. The van der Waals surface area contributed by atoms with Crippen LogP contribution < -0.4 is 0 Å². The van der Waals surface area contributed by atoms with Crippen molar-refractivity contribution < 1.29 is 51.8 Å². The van der Waals surface area contributed by atoms with Gasteiger partial charge in [0, 0.05) is 5.56 Å². The molecule has 9 rings (SSSR count). The molecule has 11 heteroatoms. The van der Waals surface area contributed by atoms with E-state index < -0.39 is 67.8 Å². The second-order valence-electron chi connectivity index (χ2n) is 16.4. The Morgan fingerprint density at radius 3 is 1.37 bits per heavy atom. The fraction of sp³-hybridized carbons (Fsp3) is 0.333. The predicted molar refractivity (Wildman–Crippen MR) is 239 cm³/mol. The Kier molecular flexibility index (Phi) is 15.8. The Hall–Kier alpha value is -5.15. The van der Waals surface area contributed by atoms with Gasteiger partial charge in [-0.15, -0.1) is 0 Å². The van der Waals surface area contributed by atoms with Gasteiger partial charge in [0.2, 0.25) is 6.36 Å². The van der Waals surface area contributed by atoms with Crippen LogP contribution in [0.25, 0.3) is 0 Å². The molecule has 0 N–H and O–H groups in total. The van der Waals surface area contributed by atoms with E-state index in [1.54, 1.807) is 0 Å². The molecule has 338 valence electrons. The van der Waals surface area contributed by atoms with Crippen molar-refractivity contribution in [2.24, 2.45) is 0 Å². The van der Waals surface area contributed by atoms with E-state index in [1.165, 1.54) is 0 Å². The van der Waals surface area contributed by atoms with Crippen LogP contribution in [0.4, 0.5) is 4.39 Å². The minimum atomic E-state index is -1.89. The van der Waals surface area contributed by atoms with Crippen LogP contribution >= 0.6 is 0 Å². The zero-order chi connectivity index (χ0) is 44.0. The first-order valence-corrected chi connectivity index (χ1v) is 22.3. The van der Waals surface area contributed by atoms with Crippen molar-refractivity contribution in [2.75, 3.05) is 13.2 Å². The van der Waals surface area contributed by atoms with Crippen LogP contribution in [0.3, 0.4) is 0 Å². The molecular formula is C54H55FO10. The number of benzene rings is 6. The normalized spacial score (nSPS) is 27.7. The van der Waals surface area contributed by atoms with Gasteiger partial charge in [-0.2, -0.15) is 0 Å². The molecule has 10 nitrogen and oxygen atoms in total. The lowest BCUT2D eigenvalue weighted by Crippen LogP contribution is -2.66. The molecule has 3 aliphatic heterocycles. The first-order valence-electron chi connectivity index (χ1n) is 22.3. The summed E-state index contributed by atoms with van der Waals surface area (Å²) in [5.41, 5.74) is 5.53. The van der Waals surface area contributed by atoms with Gasteiger partial charge in [-0.05, 0) is 27.8 Å². The standard InChI is InChI=1S/C54H55FO10/c55-52-50(59-34-41-25-13-4-14-26-41)49(47-45(62-52)37-61-53(64-47)43-29-17-6-18-30-43)65-54-51(60-35-42-27-15-5-16-28-42)48(58-33-40-23-11-3-12-24-40)46(57-32-39-21-9-2-10-22-39)44(63-54)36-56-31-38-19-7-1-8-20-38/h1-30,44-54H,31-37H2/t44-,45-,46+,47+,48+,49+,50-,51-,52-,53+,54+/m1/s1. The second-order valence-corrected chi connectivity index (χ2v) is 16.4. The van der Waals surface area contributed by atoms with Gasteiger partial charge in [-0.25, -0.2) is 4.39 Å². The van der Waals surface area contributed by atoms with E-state index >= 15 is 4.39 Å². The van der Waals surface area contributed by atoms with Gasteiger partial charge in [0.15, 0.2) is 12.6 Å². The zero-order valence-corrected chi connectivity index (χ0v) is 36.1. The average molecular weight is 883 g/mol. The van der Waals surface area contributed by atoms with Crippen molar-refractivity contribution in [1.82, 2.24) is 0 Å². The highest BCUT2D eigenvalue weighted by molar-refractivity contribution is 5.19. The molecule has 3 aliphatic rings. The number of alkyl halides is 1. The van der Waals surface area contributed by atoms with Gasteiger partial charge in [-0.3, -0.25) is 0 Å². The molecule has 0 amide bonds. The van der Waals surface area contributed by atoms with Crippen molar-refractivity contribution >= 4 is 0 Å². The molecule has 65 heavy (non-hydrogen) atoms. The SMILES string of the molecule is F[C@@H]1O[C@@H]2CO[C@H](c3ccccc3)O[C@@H]2[C@H](O[C@@H]2O[C@H](COCc3ccccc3)[C@H](OCc3ccccc3)[C@H](OCc3ccccc3)[C@H]2OCc2ccccc2)[C@H]1OCc1ccccc1. The molecule has 3 heterocycles. The third-order valence-corrected chi connectivity index (χ3v) is 11.8. The maximum Gasteiger partial charge on any atom is 0.228 e. The van der Waals surface area contributed by atoms with E-state index in [4.69, 9.17) is 47.4 Å². The monoisotopic (exact) mass is 882 g/mol. The summed E-state index contributed by atoms with van der Waals surface area (Å²) in [7, 11) is 0. The van der Waals surface area contributed by atoms with Crippen LogP contribution in [-0.4, -0.2) is 74.7 Å². The van der Waals surface area contributed by atoms with Crippen LogP contribution in [0.1, 0.15) is 39.7 Å². The van der Waals surface area contributed by atoms with Crippen molar-refractivity contribution in [1.29, 1.82) is 0 Å². The summed E-state index contributed by atoms with van der Waals surface area (Å²) >= 11 is 0. The maximum absolute atomic E-state index is 16.7. The third-order valence-electron chi connectivity index (χ3n) is 11.8. The third kappa shape index (κ3) is 12.0. The van der Waals surface area contributed by atoms with Gasteiger partial charge in [0.25, 0.3) is 0 Å². The fourth-order valence-electron chi connectivity index (χ4n) is 8.42. The molecule has 0 bridgehead atoms. The summed E-state index contributed by atoms with van der Waals surface area (Å²) in [6.07, 6.45) is -10.9. The van der Waals surface area contributed by atoms with E-state index in [0.717, 1.165) is 33.4 Å². The Balaban J connectivity index is 1.09. The number of hydrogen-bond acceptors (Lipinski definition) is 10. The van der Waals surface area contributed by atoms with Crippen molar-refractivity contribution in [2.45, 2.75) is 101 Å². The van der Waals surface area contributed by atoms with Gasteiger partial charge >= 0.3 is 0 Å². The van der Waals surface area contributed by atoms with Crippen LogP contribution in [-0.2, 0) is 80.4 Å². The summed E-state index contributed by atoms with van der Waals surface area (Å²) in [6.45, 7) is 1.30. The minimum Gasteiger partial charge on any atom is -0.374 e. The molecule has 11 atom stereocenters. The van der Waals surface area contributed by atoms with E-state index in [9.17, 15) is 0 Å². The van der Waals surface area contributed by atoms with Crippen LogP contribution in [0, 0.1) is 0 Å². The summed E-state index contributed by atoms with van der Waals surface area (Å²) in [5.74, 6) is 0. The summed E-state index contributed by atoms with van der Waals surface area (Å²) in [6, 6.07) is 58.9. The minimum absolute atomic E-state index is 0.0591. The molecule has 0 aromatic heterocycles. The average Bonchev–Trinajstić information content (AvgIpc) is 3.36. The first-order chi connectivity index (χ1) is 32.1. The molecule has 6 aromatic rings. The van der Waals surface area contributed by atoms with Crippen LogP contribution in [0.15, 0.2) is 182 Å². The quantitative estimate of drug-likeness (QED) is 0.0784. The second kappa shape index (κ2) is 22.8. The van der Waals surface area contributed by atoms with Crippen LogP contribution in [0.2, 0.25) is 0 Å². The lowest BCUT2D eigenvalue weighted by atomic mass is 9.95. The number of halogens is 1. The summed E-state index contributed by atoms with van der Waals surface area (Å²) < 4.78 is 83.4. The number of fused-ring (bicyclic) bond motifs is 1. The molecule has 6 aromatic carbocycles. The van der Waals surface area contributed by atoms with E-state index in [2.05, 4.69) is 0 Å². The molecule has 0 unspecified atom stereocenters. The molecule has 0 radical (unpaired) electrons. The highest BCUT2D eigenvalue weighted by Gasteiger charge is 2.56. The molecule has 0 aliphatic carbocycles. The van der Waals surface area contributed by atoms with Crippen molar-refractivity contribution in [3.05, 3.63) is 215 Å². The molecule has 3 saturated heterocycles. The topological polar surface area (TPSA) is 92.3 Å². The number of ether oxygens (including phenoxy) is 10. The largest absolute Gasteiger partial charge is 0.374 e. The summed E-state index contributed by atoms with van der Waals surface area (Å²) in [5, 5.41) is 0. The maximum atomic E-state index is 16.7. The van der Waals surface area contributed by atoms with Gasteiger partial charge in [0.1, 0.15) is 48.8 Å². The first kappa shape index (κ1) is 45.0. The van der Waals surface area contributed by atoms with Crippen LogP contribution in [0.5, 0.6) is 0 Å². The number of rotatable bonds is 19. The lowest BCUT2D eigenvalue weighted by molar-refractivity contribution is -0.391. The van der Waals surface area contributed by atoms with Crippen molar-refractivity contribution in [3.63, 3.8) is 0 Å². The highest BCUT2D eigenvalue weighted by atomic mass is 19.1. The highest BCUT2D eigenvalue weighted by Crippen LogP contribution is 2.40. The Bertz CT molecular complexity index is 2260. The summed E-state index contributed by atoms with van der Waals surface area (Å²) in [4.78, 5) is 0. The van der Waals surface area contributed by atoms with Crippen molar-refractivity contribution in [3.8, 4) is 0 Å². The smallest absolute Gasteiger partial charge is 0.228 e. The molecule has 0 spiro atoms. The zero-order valence-electron chi connectivity index (χ0n) is 36.1. The Morgan fingerprint density at radius 1 is 0.431 bits per heavy atom.